The van der Waals surface area contributed by atoms with E-state index in [9.17, 15) is 4.79 Å². The number of allylic oxidation sites excluding steroid dienone is 1. The van der Waals surface area contributed by atoms with Crippen LogP contribution in [0.1, 0.15) is 38.3 Å². The number of aryl methyl sites for hydroxylation is 1. The summed E-state index contributed by atoms with van der Waals surface area (Å²) in [5.41, 5.74) is 3.51. The van der Waals surface area contributed by atoms with Gasteiger partial charge in [0.05, 0.1) is 6.61 Å². The fraction of sp³-hybridized carbons (Fsp3) is 0.389. The fourth-order valence-corrected chi connectivity index (χ4v) is 2.92. The second-order valence-electron chi connectivity index (χ2n) is 5.53. The highest BCUT2D eigenvalue weighted by Crippen LogP contribution is 2.32. The summed E-state index contributed by atoms with van der Waals surface area (Å²) >= 11 is 0. The number of carbonyl (C=O) groups excluding carboxylic acids is 1. The molecule has 0 saturated heterocycles. The van der Waals surface area contributed by atoms with Gasteiger partial charge < -0.3 is 9.30 Å². The van der Waals surface area contributed by atoms with Crippen molar-refractivity contribution in [1.82, 2.24) is 4.57 Å². The van der Waals surface area contributed by atoms with E-state index in [0.717, 1.165) is 43.5 Å². The van der Waals surface area contributed by atoms with Crippen LogP contribution in [0.5, 0.6) is 0 Å². The number of hydrogen-bond acceptors (Lipinski definition) is 2. The first-order valence-electron chi connectivity index (χ1n) is 7.75. The molecule has 21 heavy (non-hydrogen) atoms. The van der Waals surface area contributed by atoms with E-state index in [0.29, 0.717) is 6.61 Å². The summed E-state index contributed by atoms with van der Waals surface area (Å²) in [6.07, 6.45) is 5.66. The number of ether oxygens (including phenoxy) is 1. The van der Waals surface area contributed by atoms with Crippen LogP contribution in [0.2, 0.25) is 0 Å². The standard InChI is InChI=1S/C18H21NO2/c1-2-3-11-21-18(20)13-15-8-6-10-19-16-9-5-4-7-14(16)12-17(15)19/h4-5,7,9,12-13H,2-3,6,8,10-11H2,1H3/b15-13+. The maximum atomic E-state index is 11.9. The zero-order chi connectivity index (χ0) is 14.7. The van der Waals surface area contributed by atoms with E-state index < -0.39 is 0 Å². The molecular formula is C18H21NO2. The van der Waals surface area contributed by atoms with Gasteiger partial charge in [0.1, 0.15) is 0 Å². The molecule has 0 saturated carbocycles. The minimum atomic E-state index is -0.211. The smallest absolute Gasteiger partial charge is 0.331 e. The largest absolute Gasteiger partial charge is 0.463 e. The quantitative estimate of drug-likeness (QED) is 0.479. The lowest BCUT2D eigenvalue weighted by Gasteiger charge is -2.19. The number of nitrogens with zero attached hydrogens (tertiary/aromatic N) is 1. The van der Waals surface area contributed by atoms with Gasteiger partial charge in [0.15, 0.2) is 0 Å². The summed E-state index contributed by atoms with van der Waals surface area (Å²) in [6.45, 7) is 3.62. The highest BCUT2D eigenvalue weighted by Gasteiger charge is 2.18. The first-order valence-corrected chi connectivity index (χ1v) is 7.75. The van der Waals surface area contributed by atoms with Crippen molar-refractivity contribution in [2.24, 2.45) is 0 Å². The zero-order valence-corrected chi connectivity index (χ0v) is 12.5. The third-order valence-corrected chi connectivity index (χ3v) is 4.00. The van der Waals surface area contributed by atoms with Gasteiger partial charge in [0, 0.05) is 29.2 Å². The van der Waals surface area contributed by atoms with Gasteiger partial charge in [0.25, 0.3) is 0 Å². The Morgan fingerprint density at radius 3 is 3.10 bits per heavy atom. The second kappa shape index (κ2) is 6.17. The van der Waals surface area contributed by atoms with Gasteiger partial charge in [-0.25, -0.2) is 4.79 Å². The van der Waals surface area contributed by atoms with Crippen molar-refractivity contribution < 1.29 is 9.53 Å². The molecule has 3 heteroatoms. The van der Waals surface area contributed by atoms with Gasteiger partial charge in [-0.2, -0.15) is 0 Å². The monoisotopic (exact) mass is 283 g/mol. The molecule has 0 bridgehead atoms. The van der Waals surface area contributed by atoms with Gasteiger partial charge in [-0.05, 0) is 37.0 Å². The predicted octanol–water partition coefficient (Wildman–Crippen LogP) is 4.16. The first-order chi connectivity index (χ1) is 10.3. The van der Waals surface area contributed by atoms with Crippen molar-refractivity contribution in [3.05, 3.63) is 42.1 Å². The number of aromatic nitrogens is 1. The number of carbonyl (C=O) groups is 1. The minimum absolute atomic E-state index is 0.211. The molecule has 0 fully saturated rings. The number of rotatable bonds is 4. The molecule has 0 aliphatic carbocycles. The Bertz CT molecular complexity index is 682. The summed E-state index contributed by atoms with van der Waals surface area (Å²) in [6, 6.07) is 10.6. The lowest BCUT2D eigenvalue weighted by atomic mass is 10.0. The molecule has 3 rings (SSSR count). The topological polar surface area (TPSA) is 31.2 Å². The van der Waals surface area contributed by atoms with Crippen LogP contribution < -0.4 is 0 Å². The van der Waals surface area contributed by atoms with Crippen LogP contribution in [-0.2, 0) is 16.1 Å². The summed E-state index contributed by atoms with van der Waals surface area (Å²) in [5, 5.41) is 1.24. The van der Waals surface area contributed by atoms with Crippen molar-refractivity contribution in [3.8, 4) is 0 Å². The number of para-hydroxylation sites is 1. The van der Waals surface area contributed by atoms with Crippen LogP contribution in [0, 0.1) is 0 Å². The zero-order valence-electron chi connectivity index (χ0n) is 12.5. The number of esters is 1. The average molecular weight is 283 g/mol. The van der Waals surface area contributed by atoms with Crippen LogP contribution in [0.15, 0.2) is 36.4 Å². The van der Waals surface area contributed by atoms with Gasteiger partial charge in [-0.3, -0.25) is 0 Å². The number of hydrogen-bond donors (Lipinski definition) is 0. The van der Waals surface area contributed by atoms with Crippen molar-refractivity contribution in [1.29, 1.82) is 0 Å². The third kappa shape index (κ3) is 2.87. The van der Waals surface area contributed by atoms with E-state index in [4.69, 9.17) is 4.74 Å². The summed E-state index contributed by atoms with van der Waals surface area (Å²) < 4.78 is 7.56. The normalized spacial score (nSPS) is 16.1. The average Bonchev–Trinajstić information content (AvgIpc) is 2.87. The molecule has 1 aliphatic heterocycles. The molecular weight excluding hydrogens is 262 g/mol. The molecule has 110 valence electrons. The van der Waals surface area contributed by atoms with Gasteiger partial charge >= 0.3 is 5.97 Å². The third-order valence-electron chi connectivity index (χ3n) is 4.00. The molecule has 0 amide bonds. The Balaban J connectivity index is 1.88. The van der Waals surface area contributed by atoms with Crippen molar-refractivity contribution in [2.45, 2.75) is 39.2 Å². The van der Waals surface area contributed by atoms with Crippen molar-refractivity contribution in [3.63, 3.8) is 0 Å². The van der Waals surface area contributed by atoms with E-state index in [1.807, 2.05) is 0 Å². The SMILES string of the molecule is CCCCOC(=O)/C=C1\CCCn2c1cc1ccccc12. The summed E-state index contributed by atoms with van der Waals surface area (Å²) in [5.74, 6) is -0.211. The maximum absolute atomic E-state index is 11.9. The molecule has 2 aromatic rings. The second-order valence-corrected chi connectivity index (χ2v) is 5.53. The van der Waals surface area contributed by atoms with Crippen LogP contribution in [0.3, 0.4) is 0 Å². The van der Waals surface area contributed by atoms with E-state index >= 15 is 0 Å². The summed E-state index contributed by atoms with van der Waals surface area (Å²) in [4.78, 5) is 11.9. The number of unbranched alkanes of at least 4 members (excludes halogenated alkanes) is 1. The first kappa shape index (κ1) is 13.9. The van der Waals surface area contributed by atoms with E-state index in [1.54, 1.807) is 6.08 Å². The fourth-order valence-electron chi connectivity index (χ4n) is 2.92. The maximum Gasteiger partial charge on any atom is 0.331 e. The molecule has 1 aromatic heterocycles. The van der Waals surface area contributed by atoms with E-state index in [2.05, 4.69) is 41.8 Å². The molecule has 0 spiro atoms. The van der Waals surface area contributed by atoms with Gasteiger partial charge in [-0.1, -0.05) is 31.5 Å². The molecule has 1 aromatic carbocycles. The van der Waals surface area contributed by atoms with E-state index in [-0.39, 0.29) is 5.97 Å². The predicted molar refractivity (Wildman–Crippen MR) is 85.0 cm³/mol. The van der Waals surface area contributed by atoms with Crippen molar-refractivity contribution >= 4 is 22.4 Å². The highest BCUT2D eigenvalue weighted by atomic mass is 16.5. The summed E-state index contributed by atoms with van der Waals surface area (Å²) in [7, 11) is 0. The Morgan fingerprint density at radius 2 is 2.24 bits per heavy atom. The Morgan fingerprint density at radius 1 is 1.38 bits per heavy atom. The van der Waals surface area contributed by atoms with Crippen LogP contribution in [0.25, 0.3) is 16.5 Å². The van der Waals surface area contributed by atoms with Gasteiger partial charge in [0.2, 0.25) is 0 Å². The van der Waals surface area contributed by atoms with Gasteiger partial charge in [-0.15, -0.1) is 0 Å². The Labute approximate surface area is 125 Å². The van der Waals surface area contributed by atoms with Crippen molar-refractivity contribution in [2.75, 3.05) is 6.61 Å². The van der Waals surface area contributed by atoms with Crippen LogP contribution >= 0.6 is 0 Å². The highest BCUT2D eigenvalue weighted by molar-refractivity contribution is 5.94. The minimum Gasteiger partial charge on any atom is -0.463 e. The molecule has 2 heterocycles. The number of fused-ring (bicyclic) bond motifs is 3. The molecule has 0 radical (unpaired) electrons. The lowest BCUT2D eigenvalue weighted by Crippen LogP contribution is -2.11. The number of benzene rings is 1. The Kier molecular flexibility index (Phi) is 4.09. The Hall–Kier alpha value is -2.03. The molecule has 1 aliphatic rings. The molecule has 0 N–H and O–H groups in total. The molecule has 3 nitrogen and oxygen atoms in total. The molecule has 0 unspecified atom stereocenters. The van der Waals surface area contributed by atoms with Crippen LogP contribution in [0.4, 0.5) is 0 Å². The van der Waals surface area contributed by atoms with Crippen LogP contribution in [-0.4, -0.2) is 17.1 Å². The molecule has 0 atom stereocenters. The lowest BCUT2D eigenvalue weighted by molar-refractivity contribution is -0.137. The van der Waals surface area contributed by atoms with E-state index in [1.165, 1.54) is 10.9 Å².